The summed E-state index contributed by atoms with van der Waals surface area (Å²) < 4.78 is 15.8. The Labute approximate surface area is 109 Å². The van der Waals surface area contributed by atoms with Gasteiger partial charge in [-0.15, -0.1) is 0 Å². The molecule has 0 aliphatic rings. The smallest absolute Gasteiger partial charge is 0.378 e. The van der Waals surface area contributed by atoms with E-state index in [1.54, 1.807) is 12.1 Å². The van der Waals surface area contributed by atoms with Crippen LogP contribution in [0.5, 0.6) is 0 Å². The van der Waals surface area contributed by atoms with Crippen LogP contribution in [0.3, 0.4) is 0 Å². The van der Waals surface area contributed by atoms with Gasteiger partial charge in [-0.1, -0.05) is 23.7 Å². The number of anilines is 1. The fourth-order valence-electron chi connectivity index (χ4n) is 1.09. The third-order valence-electron chi connectivity index (χ3n) is 1.89. The van der Waals surface area contributed by atoms with Crippen molar-refractivity contribution in [2.45, 2.75) is 5.56 Å². The van der Waals surface area contributed by atoms with Crippen LogP contribution in [-0.4, -0.2) is 14.1 Å². The fraction of sp³-hybridized carbons (Fsp3) is 0.333. The molecule has 1 unspecified atom stereocenters. The van der Waals surface area contributed by atoms with Crippen molar-refractivity contribution >= 4 is 45.8 Å². The quantitative estimate of drug-likeness (QED) is 0.601. The molecule has 0 heterocycles. The molecule has 0 saturated carbocycles. The Balaban J connectivity index is 2.78. The van der Waals surface area contributed by atoms with E-state index < -0.39 is 11.6 Å². The van der Waals surface area contributed by atoms with E-state index in [1.807, 2.05) is 31.1 Å². The third-order valence-corrected chi connectivity index (χ3v) is 3.29. The van der Waals surface area contributed by atoms with Gasteiger partial charge in [0.25, 0.3) is 0 Å². The molecule has 0 spiro atoms. The van der Waals surface area contributed by atoms with Gasteiger partial charge >= 0.3 is 6.07 Å². The van der Waals surface area contributed by atoms with Crippen LogP contribution in [0.1, 0.15) is 11.1 Å². The second-order valence-corrected chi connectivity index (χ2v) is 7.95. The molecule has 1 atom stereocenters. The van der Waals surface area contributed by atoms with Gasteiger partial charge in [-0.25, -0.2) is 0 Å². The first-order valence-corrected chi connectivity index (χ1v) is 8.26. The molecular formula is C9H11Cl3NO2P. The van der Waals surface area contributed by atoms with Crippen LogP contribution in [0, 0.1) is 0 Å². The highest BCUT2D eigenvalue weighted by molar-refractivity contribution is 8.05. The Kier molecular flexibility index (Phi) is 4.96. The van der Waals surface area contributed by atoms with Crippen molar-refractivity contribution in [3.63, 3.8) is 0 Å². The summed E-state index contributed by atoms with van der Waals surface area (Å²) in [6, 6.07) is 7.25. The van der Waals surface area contributed by atoms with Gasteiger partial charge in [-0.2, -0.15) is 0 Å². The summed E-state index contributed by atoms with van der Waals surface area (Å²) in [4.78, 5) is 1.95. The minimum atomic E-state index is -3.62. The van der Waals surface area contributed by atoms with E-state index in [1.165, 1.54) is 0 Å². The van der Waals surface area contributed by atoms with E-state index in [0.717, 1.165) is 5.69 Å². The first-order valence-electron chi connectivity index (χ1n) is 4.39. The normalized spacial score (nSPS) is 13.6. The van der Waals surface area contributed by atoms with Crippen LogP contribution in [0.15, 0.2) is 24.3 Å². The third kappa shape index (κ3) is 4.52. The summed E-state index contributed by atoms with van der Waals surface area (Å²) in [5.74, 6) is 0. The average molecular weight is 303 g/mol. The van der Waals surface area contributed by atoms with Crippen LogP contribution < -0.4 is 4.90 Å². The van der Waals surface area contributed by atoms with Crippen LogP contribution in [0.4, 0.5) is 5.69 Å². The number of halogens is 3. The number of rotatable bonds is 4. The van der Waals surface area contributed by atoms with Gasteiger partial charge in [0.05, 0.1) is 0 Å². The van der Waals surface area contributed by atoms with Crippen molar-refractivity contribution < 1.29 is 9.09 Å². The predicted molar refractivity (Wildman–Crippen MR) is 69.8 cm³/mol. The molecule has 0 aromatic heterocycles. The highest BCUT2D eigenvalue weighted by Crippen LogP contribution is 2.61. The minimum Gasteiger partial charge on any atom is -0.378 e. The number of nitrogens with zero attached hydrogens (tertiary/aromatic N) is 1. The lowest BCUT2D eigenvalue weighted by molar-refractivity contribution is 0.306. The zero-order valence-corrected chi connectivity index (χ0v) is 11.9. The standard InChI is InChI=1S/C9H11Cl3NO2P/c1-13(2)8-5-3-7(4-6-8)9(10)15-16(11,12)14/h3-6,9H,1-2H3. The van der Waals surface area contributed by atoms with Crippen molar-refractivity contribution in [3.05, 3.63) is 29.8 Å². The van der Waals surface area contributed by atoms with Crippen molar-refractivity contribution in [2.24, 2.45) is 0 Å². The lowest BCUT2D eigenvalue weighted by atomic mass is 10.2. The molecule has 0 aliphatic heterocycles. The SMILES string of the molecule is CN(C)c1ccc(C(Cl)OP(=O)(Cl)Cl)cc1. The van der Waals surface area contributed by atoms with Gasteiger partial charge < -0.3 is 4.90 Å². The van der Waals surface area contributed by atoms with Gasteiger partial charge in [0, 0.05) is 19.8 Å². The molecule has 0 radical (unpaired) electrons. The first kappa shape index (κ1) is 14.1. The Morgan fingerprint density at radius 2 is 1.75 bits per heavy atom. The van der Waals surface area contributed by atoms with Gasteiger partial charge in [-0.05, 0) is 40.2 Å². The number of hydrogen-bond acceptors (Lipinski definition) is 3. The van der Waals surface area contributed by atoms with Crippen LogP contribution >= 0.6 is 40.2 Å². The second kappa shape index (κ2) is 5.61. The van der Waals surface area contributed by atoms with Crippen LogP contribution in [0.25, 0.3) is 0 Å². The summed E-state index contributed by atoms with van der Waals surface area (Å²) in [6.45, 7) is 0. The van der Waals surface area contributed by atoms with Crippen molar-refractivity contribution in [1.29, 1.82) is 0 Å². The Morgan fingerprint density at radius 3 is 2.12 bits per heavy atom. The molecule has 1 aromatic rings. The number of hydrogen-bond donors (Lipinski definition) is 0. The molecule has 16 heavy (non-hydrogen) atoms. The molecule has 1 rings (SSSR count). The van der Waals surface area contributed by atoms with Crippen LogP contribution in [-0.2, 0) is 9.09 Å². The summed E-state index contributed by atoms with van der Waals surface area (Å²) in [7, 11) is 3.85. The molecule has 0 bridgehead atoms. The lowest BCUT2D eigenvalue weighted by Gasteiger charge is -2.15. The van der Waals surface area contributed by atoms with E-state index in [4.69, 9.17) is 38.6 Å². The van der Waals surface area contributed by atoms with E-state index >= 15 is 0 Å². The van der Waals surface area contributed by atoms with Crippen LogP contribution in [0.2, 0.25) is 0 Å². The van der Waals surface area contributed by atoms with E-state index in [9.17, 15) is 4.57 Å². The monoisotopic (exact) mass is 301 g/mol. The number of benzene rings is 1. The van der Waals surface area contributed by atoms with Gasteiger partial charge in [0.15, 0.2) is 5.56 Å². The van der Waals surface area contributed by atoms with E-state index in [0.29, 0.717) is 5.56 Å². The fourth-order valence-corrected chi connectivity index (χ4v) is 2.63. The Morgan fingerprint density at radius 1 is 1.25 bits per heavy atom. The van der Waals surface area contributed by atoms with Crippen molar-refractivity contribution in [1.82, 2.24) is 0 Å². The van der Waals surface area contributed by atoms with Gasteiger partial charge in [0.2, 0.25) is 0 Å². The first-order chi connectivity index (χ1) is 7.29. The largest absolute Gasteiger partial charge is 0.381 e. The summed E-state index contributed by atoms with van der Waals surface area (Å²) in [5.41, 5.74) is 0.749. The zero-order chi connectivity index (χ0) is 12.3. The Hall–Kier alpha value is 0.0800. The van der Waals surface area contributed by atoms with Gasteiger partial charge in [0.1, 0.15) is 0 Å². The minimum absolute atomic E-state index is 0.647. The van der Waals surface area contributed by atoms with Gasteiger partial charge in [-0.3, -0.25) is 9.09 Å². The summed E-state index contributed by atoms with van der Waals surface area (Å²) >= 11 is 16.4. The lowest BCUT2D eigenvalue weighted by Crippen LogP contribution is -2.08. The molecule has 0 saturated heterocycles. The van der Waals surface area contributed by atoms with E-state index in [-0.39, 0.29) is 0 Å². The maximum atomic E-state index is 11.0. The molecule has 0 amide bonds. The molecular weight excluding hydrogens is 291 g/mol. The molecule has 90 valence electrons. The molecule has 1 aromatic carbocycles. The molecule has 3 nitrogen and oxygen atoms in total. The maximum absolute atomic E-state index is 11.0. The Bertz CT molecular complexity index is 390. The average Bonchev–Trinajstić information content (AvgIpc) is 2.15. The second-order valence-electron chi connectivity index (χ2n) is 3.32. The van der Waals surface area contributed by atoms with Crippen molar-refractivity contribution in [3.8, 4) is 0 Å². The predicted octanol–water partition coefficient (Wildman–Crippen LogP) is 4.59. The highest BCUT2D eigenvalue weighted by atomic mass is 35.9. The topological polar surface area (TPSA) is 29.5 Å². The zero-order valence-electron chi connectivity index (χ0n) is 8.73. The molecule has 0 aliphatic carbocycles. The molecule has 0 fully saturated rings. The number of alkyl halides is 1. The van der Waals surface area contributed by atoms with E-state index in [2.05, 4.69) is 0 Å². The molecule has 0 N–H and O–H groups in total. The summed E-state index contributed by atoms with van der Waals surface area (Å²) in [5, 5.41) is 0. The highest BCUT2D eigenvalue weighted by Gasteiger charge is 2.21. The van der Waals surface area contributed by atoms with Crippen molar-refractivity contribution in [2.75, 3.05) is 19.0 Å². The molecule has 7 heteroatoms. The summed E-state index contributed by atoms with van der Waals surface area (Å²) in [6.07, 6.45) is -3.62. The maximum Gasteiger partial charge on any atom is 0.381 e.